The van der Waals surface area contributed by atoms with Gasteiger partial charge in [0.15, 0.2) is 0 Å². The van der Waals surface area contributed by atoms with Crippen molar-refractivity contribution in [1.29, 1.82) is 0 Å². The zero-order chi connectivity index (χ0) is 15.8. The Bertz CT molecular complexity index is 643. The highest BCUT2D eigenvalue weighted by molar-refractivity contribution is 7.99. The lowest BCUT2D eigenvalue weighted by Gasteiger charge is -2.10. The summed E-state index contributed by atoms with van der Waals surface area (Å²) < 4.78 is 4.53. The molecule has 0 atom stereocenters. The fourth-order valence-corrected chi connectivity index (χ4v) is 2.73. The van der Waals surface area contributed by atoms with Crippen LogP contribution < -0.4 is 5.32 Å². The van der Waals surface area contributed by atoms with Crippen LogP contribution in [0.25, 0.3) is 0 Å². The molecule has 2 aromatic rings. The Morgan fingerprint density at radius 2 is 1.68 bits per heavy atom. The first-order valence-electron chi connectivity index (χ1n) is 6.87. The third kappa shape index (κ3) is 4.93. The Morgan fingerprint density at radius 3 is 2.41 bits per heavy atom. The lowest BCUT2D eigenvalue weighted by Crippen LogP contribution is -2.14. The molecule has 114 valence electrons. The summed E-state index contributed by atoms with van der Waals surface area (Å²) in [6, 6.07) is 17.5. The van der Waals surface area contributed by atoms with Gasteiger partial charge in [0.2, 0.25) is 5.91 Å². The predicted molar refractivity (Wildman–Crippen MR) is 86.9 cm³/mol. The molecule has 0 spiro atoms. The maximum absolute atomic E-state index is 11.9. The van der Waals surface area contributed by atoms with E-state index in [4.69, 9.17) is 0 Å². The van der Waals surface area contributed by atoms with Gasteiger partial charge in [-0.1, -0.05) is 42.1 Å². The monoisotopic (exact) mass is 315 g/mol. The summed E-state index contributed by atoms with van der Waals surface area (Å²) in [6.45, 7) is 0. The van der Waals surface area contributed by atoms with E-state index in [2.05, 4.69) is 10.1 Å². The molecule has 2 rings (SSSR count). The number of benzene rings is 2. The molecule has 0 fully saturated rings. The van der Waals surface area contributed by atoms with Crippen molar-refractivity contribution in [2.75, 3.05) is 12.4 Å². The highest BCUT2D eigenvalue weighted by Gasteiger charge is 2.10. The fraction of sp³-hybridized carbons (Fsp3) is 0.176. The SMILES string of the molecule is COC(=O)CCC(=O)Nc1ccccc1Sc1ccccc1. The molecule has 0 aliphatic carbocycles. The van der Waals surface area contributed by atoms with Crippen LogP contribution in [0.5, 0.6) is 0 Å². The Balaban J connectivity index is 2.02. The Kier molecular flexibility index (Phi) is 6.03. The van der Waals surface area contributed by atoms with Crippen LogP contribution in [-0.4, -0.2) is 19.0 Å². The molecule has 0 aliphatic rings. The van der Waals surface area contributed by atoms with Crippen LogP contribution in [0.4, 0.5) is 5.69 Å². The fourth-order valence-electron chi connectivity index (χ4n) is 1.80. The summed E-state index contributed by atoms with van der Waals surface area (Å²) in [6.07, 6.45) is 0.188. The molecule has 0 saturated carbocycles. The highest BCUT2D eigenvalue weighted by Crippen LogP contribution is 2.33. The molecule has 0 bridgehead atoms. The molecule has 4 nitrogen and oxygen atoms in total. The minimum atomic E-state index is -0.387. The second-order valence-electron chi connectivity index (χ2n) is 4.54. The summed E-state index contributed by atoms with van der Waals surface area (Å²) in [4.78, 5) is 25.0. The first-order chi connectivity index (χ1) is 10.7. The van der Waals surface area contributed by atoms with Gasteiger partial charge in [-0.2, -0.15) is 0 Å². The lowest BCUT2D eigenvalue weighted by molar-refractivity contribution is -0.141. The molecular weight excluding hydrogens is 298 g/mol. The molecule has 5 heteroatoms. The molecule has 1 amide bonds. The summed E-state index contributed by atoms with van der Waals surface area (Å²) in [5.41, 5.74) is 0.742. The van der Waals surface area contributed by atoms with Gasteiger partial charge in [0.05, 0.1) is 19.2 Å². The van der Waals surface area contributed by atoms with Crippen molar-refractivity contribution in [3.05, 3.63) is 54.6 Å². The van der Waals surface area contributed by atoms with Crippen LogP contribution in [0.15, 0.2) is 64.4 Å². The highest BCUT2D eigenvalue weighted by atomic mass is 32.2. The van der Waals surface area contributed by atoms with Gasteiger partial charge in [0, 0.05) is 16.2 Å². The summed E-state index contributed by atoms with van der Waals surface area (Å²) in [5, 5.41) is 2.84. The average molecular weight is 315 g/mol. The van der Waals surface area contributed by atoms with Crippen molar-refractivity contribution in [2.45, 2.75) is 22.6 Å². The molecule has 0 saturated heterocycles. The van der Waals surface area contributed by atoms with Gasteiger partial charge in [-0.3, -0.25) is 9.59 Å². The molecule has 0 unspecified atom stereocenters. The van der Waals surface area contributed by atoms with E-state index in [1.807, 2.05) is 54.6 Å². The smallest absolute Gasteiger partial charge is 0.306 e. The van der Waals surface area contributed by atoms with Gasteiger partial charge >= 0.3 is 5.97 Å². The van der Waals surface area contributed by atoms with E-state index in [1.165, 1.54) is 7.11 Å². The van der Waals surface area contributed by atoms with Gasteiger partial charge in [-0.05, 0) is 24.3 Å². The molecule has 0 aromatic heterocycles. The van der Waals surface area contributed by atoms with Crippen molar-refractivity contribution in [2.24, 2.45) is 0 Å². The number of hydrogen-bond donors (Lipinski definition) is 1. The molecule has 1 N–H and O–H groups in total. The van der Waals surface area contributed by atoms with E-state index in [0.29, 0.717) is 0 Å². The third-order valence-electron chi connectivity index (χ3n) is 2.92. The van der Waals surface area contributed by atoms with Crippen LogP contribution in [0, 0.1) is 0 Å². The number of nitrogens with one attached hydrogen (secondary N) is 1. The Labute approximate surface area is 133 Å². The zero-order valence-electron chi connectivity index (χ0n) is 12.2. The van der Waals surface area contributed by atoms with Gasteiger partial charge in [-0.15, -0.1) is 0 Å². The topological polar surface area (TPSA) is 55.4 Å². The molecule has 0 radical (unpaired) electrons. The van der Waals surface area contributed by atoms with Crippen LogP contribution in [0.1, 0.15) is 12.8 Å². The number of carbonyl (C=O) groups excluding carboxylic acids is 2. The normalized spacial score (nSPS) is 10.0. The van der Waals surface area contributed by atoms with Gasteiger partial charge in [-0.25, -0.2) is 0 Å². The molecule has 0 aliphatic heterocycles. The summed E-state index contributed by atoms with van der Waals surface area (Å²) in [5.74, 6) is -0.589. The van der Waals surface area contributed by atoms with Crippen molar-refractivity contribution in [3.63, 3.8) is 0 Å². The minimum Gasteiger partial charge on any atom is -0.469 e. The number of ether oxygens (including phenoxy) is 1. The van der Waals surface area contributed by atoms with Crippen molar-refractivity contribution in [3.8, 4) is 0 Å². The Hall–Kier alpha value is -2.27. The lowest BCUT2D eigenvalue weighted by atomic mass is 10.2. The largest absolute Gasteiger partial charge is 0.469 e. The summed E-state index contributed by atoms with van der Waals surface area (Å²) in [7, 11) is 1.31. The number of carbonyl (C=O) groups is 2. The number of amides is 1. The second kappa shape index (κ2) is 8.24. The van der Waals surface area contributed by atoms with Crippen molar-refractivity contribution in [1.82, 2.24) is 0 Å². The number of hydrogen-bond acceptors (Lipinski definition) is 4. The van der Waals surface area contributed by atoms with Crippen molar-refractivity contribution < 1.29 is 14.3 Å². The van der Waals surface area contributed by atoms with Gasteiger partial charge in [0.1, 0.15) is 0 Å². The molecule has 2 aromatic carbocycles. The maximum atomic E-state index is 11.9. The molecular formula is C17H17NO3S. The van der Waals surface area contributed by atoms with E-state index in [-0.39, 0.29) is 24.7 Å². The second-order valence-corrected chi connectivity index (χ2v) is 5.65. The van der Waals surface area contributed by atoms with E-state index in [0.717, 1.165) is 15.5 Å². The number of esters is 1. The van der Waals surface area contributed by atoms with Crippen LogP contribution in [0.3, 0.4) is 0 Å². The zero-order valence-corrected chi connectivity index (χ0v) is 13.1. The first-order valence-corrected chi connectivity index (χ1v) is 7.69. The van der Waals surface area contributed by atoms with Crippen LogP contribution >= 0.6 is 11.8 Å². The van der Waals surface area contributed by atoms with Crippen LogP contribution in [-0.2, 0) is 14.3 Å². The standard InChI is InChI=1S/C17H17NO3S/c1-21-17(20)12-11-16(19)18-14-9-5-6-10-15(14)22-13-7-3-2-4-8-13/h2-10H,11-12H2,1H3,(H,18,19). The third-order valence-corrected chi connectivity index (χ3v) is 4.00. The average Bonchev–Trinajstić information content (AvgIpc) is 2.55. The predicted octanol–water partition coefficient (Wildman–Crippen LogP) is 3.73. The van der Waals surface area contributed by atoms with Crippen LogP contribution in [0.2, 0.25) is 0 Å². The molecule has 0 heterocycles. The van der Waals surface area contributed by atoms with Gasteiger partial charge in [0.25, 0.3) is 0 Å². The van der Waals surface area contributed by atoms with Crippen molar-refractivity contribution >= 4 is 29.3 Å². The first kappa shape index (κ1) is 16.1. The minimum absolute atomic E-state index is 0.0797. The Morgan fingerprint density at radius 1 is 1.00 bits per heavy atom. The number of methoxy groups -OCH3 is 1. The number of para-hydroxylation sites is 1. The summed E-state index contributed by atoms with van der Waals surface area (Å²) >= 11 is 1.58. The molecule has 22 heavy (non-hydrogen) atoms. The van der Waals surface area contributed by atoms with Gasteiger partial charge < -0.3 is 10.1 Å². The van der Waals surface area contributed by atoms with E-state index in [1.54, 1.807) is 11.8 Å². The number of anilines is 1. The van der Waals surface area contributed by atoms with E-state index < -0.39 is 0 Å². The maximum Gasteiger partial charge on any atom is 0.306 e. The van der Waals surface area contributed by atoms with E-state index >= 15 is 0 Å². The number of rotatable bonds is 6. The quantitative estimate of drug-likeness (QED) is 0.825. The van der Waals surface area contributed by atoms with E-state index in [9.17, 15) is 9.59 Å².